The second kappa shape index (κ2) is 7.08. The second-order valence-corrected chi connectivity index (χ2v) is 3.81. The third-order valence-corrected chi connectivity index (χ3v) is 2.86. The van der Waals surface area contributed by atoms with E-state index in [0.717, 1.165) is 5.56 Å². The highest BCUT2D eigenvalue weighted by molar-refractivity contribution is 5.54. The van der Waals surface area contributed by atoms with Crippen LogP contribution >= 0.6 is 0 Å². The van der Waals surface area contributed by atoms with Gasteiger partial charge in [0.05, 0.1) is 21.3 Å². The van der Waals surface area contributed by atoms with E-state index in [-0.39, 0.29) is 12.6 Å². The van der Waals surface area contributed by atoms with Gasteiger partial charge in [-0.05, 0) is 31.2 Å². The van der Waals surface area contributed by atoms with Crippen molar-refractivity contribution >= 4 is 0 Å². The number of hydrogen-bond acceptors (Lipinski definition) is 5. The van der Waals surface area contributed by atoms with Gasteiger partial charge >= 0.3 is 0 Å². The third kappa shape index (κ3) is 3.05. The molecule has 0 radical (unpaired) electrons. The lowest BCUT2D eigenvalue weighted by Gasteiger charge is -2.19. The number of nitrogens with one attached hydrogen (secondary N) is 1. The Morgan fingerprint density at radius 3 is 2.00 bits per heavy atom. The van der Waals surface area contributed by atoms with Crippen LogP contribution in [0.5, 0.6) is 17.2 Å². The maximum atomic E-state index is 9.06. The van der Waals surface area contributed by atoms with E-state index in [4.69, 9.17) is 19.3 Å². The number of hydrogen-bond donors (Lipinski definition) is 2. The monoisotopic (exact) mass is 255 g/mol. The summed E-state index contributed by atoms with van der Waals surface area (Å²) >= 11 is 0. The van der Waals surface area contributed by atoms with Gasteiger partial charge in [-0.25, -0.2) is 0 Å². The molecule has 0 amide bonds. The Labute approximate surface area is 108 Å². The van der Waals surface area contributed by atoms with E-state index < -0.39 is 0 Å². The maximum absolute atomic E-state index is 9.06. The molecule has 1 aromatic carbocycles. The SMILES string of the molecule is CNC(CCO)c1cc(OC)c(OC)c(OC)c1. The first-order valence-corrected chi connectivity index (χ1v) is 5.79. The van der Waals surface area contributed by atoms with E-state index in [2.05, 4.69) is 5.32 Å². The van der Waals surface area contributed by atoms with Crippen molar-refractivity contribution in [2.24, 2.45) is 0 Å². The van der Waals surface area contributed by atoms with Gasteiger partial charge in [0.2, 0.25) is 5.75 Å². The van der Waals surface area contributed by atoms with Gasteiger partial charge in [0.25, 0.3) is 0 Å². The summed E-state index contributed by atoms with van der Waals surface area (Å²) in [6.45, 7) is 0.113. The van der Waals surface area contributed by atoms with Crippen molar-refractivity contribution in [3.8, 4) is 17.2 Å². The summed E-state index contributed by atoms with van der Waals surface area (Å²) < 4.78 is 15.9. The average molecular weight is 255 g/mol. The molecule has 5 heteroatoms. The van der Waals surface area contributed by atoms with Gasteiger partial charge < -0.3 is 24.6 Å². The van der Waals surface area contributed by atoms with E-state index in [0.29, 0.717) is 23.7 Å². The van der Waals surface area contributed by atoms with Crippen molar-refractivity contribution in [1.82, 2.24) is 5.32 Å². The molecule has 0 saturated heterocycles. The molecule has 1 aromatic rings. The van der Waals surface area contributed by atoms with Gasteiger partial charge in [0, 0.05) is 12.6 Å². The fourth-order valence-corrected chi connectivity index (χ4v) is 1.91. The number of aliphatic hydroxyl groups excluding tert-OH is 1. The van der Waals surface area contributed by atoms with Gasteiger partial charge in [0.1, 0.15) is 0 Å². The quantitative estimate of drug-likeness (QED) is 0.770. The van der Waals surface area contributed by atoms with Crippen LogP contribution in [-0.2, 0) is 0 Å². The molecular weight excluding hydrogens is 234 g/mol. The maximum Gasteiger partial charge on any atom is 0.203 e. The molecule has 18 heavy (non-hydrogen) atoms. The van der Waals surface area contributed by atoms with Crippen molar-refractivity contribution in [1.29, 1.82) is 0 Å². The van der Waals surface area contributed by atoms with Gasteiger partial charge in [-0.15, -0.1) is 0 Å². The van der Waals surface area contributed by atoms with Crippen LogP contribution in [0.15, 0.2) is 12.1 Å². The fourth-order valence-electron chi connectivity index (χ4n) is 1.91. The third-order valence-electron chi connectivity index (χ3n) is 2.86. The zero-order chi connectivity index (χ0) is 13.5. The molecule has 0 aliphatic heterocycles. The van der Waals surface area contributed by atoms with Crippen LogP contribution in [0.2, 0.25) is 0 Å². The molecule has 0 fully saturated rings. The number of aliphatic hydroxyl groups is 1. The summed E-state index contributed by atoms with van der Waals surface area (Å²) in [5.74, 6) is 1.80. The Kier molecular flexibility index (Phi) is 5.74. The van der Waals surface area contributed by atoms with E-state index in [9.17, 15) is 0 Å². The van der Waals surface area contributed by atoms with Crippen molar-refractivity contribution in [2.75, 3.05) is 35.0 Å². The van der Waals surface area contributed by atoms with Crippen molar-refractivity contribution in [2.45, 2.75) is 12.5 Å². The highest BCUT2D eigenvalue weighted by Gasteiger charge is 2.17. The topological polar surface area (TPSA) is 60.0 Å². The average Bonchev–Trinajstić information content (AvgIpc) is 2.42. The van der Waals surface area contributed by atoms with Crippen LogP contribution in [0.4, 0.5) is 0 Å². The predicted molar refractivity (Wildman–Crippen MR) is 69.6 cm³/mol. The van der Waals surface area contributed by atoms with Crippen LogP contribution in [-0.4, -0.2) is 40.1 Å². The Bertz CT molecular complexity index is 356. The van der Waals surface area contributed by atoms with E-state index in [1.165, 1.54) is 0 Å². The van der Waals surface area contributed by atoms with Crippen LogP contribution in [0, 0.1) is 0 Å². The first kappa shape index (κ1) is 14.6. The van der Waals surface area contributed by atoms with Gasteiger partial charge in [-0.2, -0.15) is 0 Å². The van der Waals surface area contributed by atoms with Crippen molar-refractivity contribution in [3.63, 3.8) is 0 Å². The molecule has 0 heterocycles. The minimum atomic E-state index is 0.0451. The number of methoxy groups -OCH3 is 3. The Morgan fingerprint density at radius 1 is 1.11 bits per heavy atom. The fraction of sp³-hybridized carbons (Fsp3) is 0.538. The van der Waals surface area contributed by atoms with Gasteiger partial charge in [0.15, 0.2) is 11.5 Å². The highest BCUT2D eigenvalue weighted by atomic mass is 16.5. The van der Waals surface area contributed by atoms with Gasteiger partial charge in [-0.1, -0.05) is 0 Å². The smallest absolute Gasteiger partial charge is 0.203 e. The van der Waals surface area contributed by atoms with Gasteiger partial charge in [-0.3, -0.25) is 0 Å². The molecule has 102 valence electrons. The number of benzene rings is 1. The molecule has 1 rings (SSSR count). The highest BCUT2D eigenvalue weighted by Crippen LogP contribution is 2.39. The molecule has 0 bridgehead atoms. The van der Waals surface area contributed by atoms with E-state index in [1.54, 1.807) is 21.3 Å². The zero-order valence-corrected chi connectivity index (χ0v) is 11.3. The normalized spacial score (nSPS) is 12.1. The number of ether oxygens (including phenoxy) is 3. The summed E-state index contributed by atoms with van der Waals surface area (Å²) in [5.41, 5.74) is 0.987. The van der Waals surface area contributed by atoms with Crippen LogP contribution in [0.25, 0.3) is 0 Å². The summed E-state index contributed by atoms with van der Waals surface area (Å²) in [6.07, 6.45) is 0.620. The molecule has 1 unspecified atom stereocenters. The predicted octanol–water partition coefficient (Wildman–Crippen LogP) is 1.36. The molecule has 0 spiro atoms. The molecule has 0 aromatic heterocycles. The lowest BCUT2D eigenvalue weighted by atomic mass is 10.0. The molecule has 1 atom stereocenters. The van der Waals surface area contributed by atoms with Crippen molar-refractivity contribution < 1.29 is 19.3 Å². The zero-order valence-electron chi connectivity index (χ0n) is 11.3. The first-order valence-electron chi connectivity index (χ1n) is 5.79. The molecule has 0 aliphatic rings. The summed E-state index contributed by atoms with van der Waals surface area (Å²) in [7, 11) is 6.59. The molecular formula is C13H21NO4. The molecule has 5 nitrogen and oxygen atoms in total. The minimum Gasteiger partial charge on any atom is -0.493 e. The van der Waals surface area contributed by atoms with Crippen LogP contribution in [0.1, 0.15) is 18.0 Å². The number of rotatable bonds is 7. The Balaban J connectivity index is 3.21. The Hall–Kier alpha value is -1.46. The molecule has 0 saturated carbocycles. The van der Waals surface area contributed by atoms with Crippen LogP contribution < -0.4 is 19.5 Å². The molecule has 2 N–H and O–H groups in total. The summed E-state index contributed by atoms with van der Waals surface area (Å²) in [4.78, 5) is 0. The van der Waals surface area contributed by atoms with E-state index in [1.807, 2.05) is 19.2 Å². The summed E-state index contributed by atoms with van der Waals surface area (Å²) in [6, 6.07) is 3.82. The lowest BCUT2D eigenvalue weighted by molar-refractivity contribution is 0.268. The Morgan fingerprint density at radius 2 is 1.67 bits per heavy atom. The minimum absolute atomic E-state index is 0.0451. The van der Waals surface area contributed by atoms with Crippen LogP contribution in [0.3, 0.4) is 0 Å². The largest absolute Gasteiger partial charge is 0.493 e. The van der Waals surface area contributed by atoms with Crippen molar-refractivity contribution in [3.05, 3.63) is 17.7 Å². The lowest BCUT2D eigenvalue weighted by Crippen LogP contribution is -2.17. The second-order valence-electron chi connectivity index (χ2n) is 3.81. The summed E-state index contributed by atoms with van der Waals surface area (Å²) in [5, 5.41) is 12.2. The first-order chi connectivity index (χ1) is 8.71. The van der Waals surface area contributed by atoms with E-state index >= 15 is 0 Å². The molecule has 0 aliphatic carbocycles. The standard InChI is InChI=1S/C13H21NO4/c1-14-10(5-6-15)9-7-11(16-2)13(18-4)12(8-9)17-3/h7-8,10,14-15H,5-6H2,1-4H3.